The predicted octanol–water partition coefficient (Wildman–Crippen LogP) is 0.692. The Kier molecular flexibility index (Phi) is 7.54. The second-order valence-electron chi connectivity index (χ2n) is 8.62. The van der Waals surface area contributed by atoms with Crippen LogP contribution in [0.1, 0.15) is 31.2 Å². The fourth-order valence-corrected chi connectivity index (χ4v) is 6.13. The van der Waals surface area contributed by atoms with E-state index in [9.17, 15) is 13.2 Å². The lowest BCUT2D eigenvalue weighted by Gasteiger charge is -2.34. The van der Waals surface area contributed by atoms with Crippen molar-refractivity contribution < 1.29 is 17.7 Å². The topological polar surface area (TPSA) is 99.0 Å². The van der Waals surface area contributed by atoms with Gasteiger partial charge in [0.05, 0.1) is 0 Å². The van der Waals surface area contributed by atoms with E-state index in [0.717, 1.165) is 32.7 Å². The molecule has 30 heavy (non-hydrogen) atoms. The van der Waals surface area contributed by atoms with Crippen LogP contribution < -0.4 is 5.32 Å². The smallest absolute Gasteiger partial charge is 0.248 e. The molecule has 1 atom stereocenters. The van der Waals surface area contributed by atoms with E-state index in [1.807, 2.05) is 6.92 Å². The number of rotatable bonds is 7. The van der Waals surface area contributed by atoms with Gasteiger partial charge in [-0.1, -0.05) is 12.1 Å². The summed E-state index contributed by atoms with van der Waals surface area (Å²) in [5.74, 6) is 0.449. The van der Waals surface area contributed by atoms with Crippen LogP contribution in [0, 0.1) is 25.7 Å². The SMILES string of the molecule is Cc1noc(C)c1S(=O)(=O)N1CCC(C(C)C(=O)NCCN2CCN(C)CC2)CC1. The molecule has 3 rings (SSSR count). The van der Waals surface area contributed by atoms with Crippen LogP contribution in [-0.4, -0.2) is 93.0 Å². The minimum atomic E-state index is -3.61. The molecule has 170 valence electrons. The fourth-order valence-electron chi connectivity index (χ4n) is 4.37. The molecule has 3 heterocycles. The maximum atomic E-state index is 13.0. The van der Waals surface area contributed by atoms with Crippen LogP contribution in [0.15, 0.2) is 9.42 Å². The van der Waals surface area contributed by atoms with Gasteiger partial charge in [-0.3, -0.25) is 9.69 Å². The number of sulfonamides is 1. The van der Waals surface area contributed by atoms with Crippen LogP contribution in [0.4, 0.5) is 0 Å². The molecule has 1 N–H and O–H groups in total. The van der Waals surface area contributed by atoms with Gasteiger partial charge in [0, 0.05) is 58.3 Å². The monoisotopic (exact) mass is 441 g/mol. The first kappa shape index (κ1) is 23.2. The van der Waals surface area contributed by atoms with E-state index in [0.29, 0.717) is 43.9 Å². The number of aryl methyl sites for hydroxylation is 2. The molecule has 1 unspecified atom stereocenters. The van der Waals surface area contributed by atoms with E-state index in [1.54, 1.807) is 13.8 Å². The highest BCUT2D eigenvalue weighted by Gasteiger charge is 2.36. The number of piperidine rings is 1. The normalized spacial score (nSPS) is 21.6. The Morgan fingerprint density at radius 1 is 1.17 bits per heavy atom. The zero-order valence-corrected chi connectivity index (χ0v) is 19.4. The van der Waals surface area contributed by atoms with Crippen molar-refractivity contribution in [3.05, 3.63) is 11.5 Å². The molecular weight excluding hydrogens is 406 g/mol. The van der Waals surface area contributed by atoms with E-state index < -0.39 is 10.0 Å². The van der Waals surface area contributed by atoms with Gasteiger partial charge in [-0.15, -0.1) is 0 Å². The van der Waals surface area contributed by atoms with E-state index in [4.69, 9.17) is 4.52 Å². The zero-order chi connectivity index (χ0) is 21.9. The van der Waals surface area contributed by atoms with Crippen LogP contribution >= 0.6 is 0 Å². The molecule has 10 heteroatoms. The van der Waals surface area contributed by atoms with Crippen LogP contribution in [0.5, 0.6) is 0 Å². The van der Waals surface area contributed by atoms with Crippen molar-refractivity contribution in [2.24, 2.45) is 11.8 Å². The van der Waals surface area contributed by atoms with Gasteiger partial charge in [-0.2, -0.15) is 4.31 Å². The lowest BCUT2D eigenvalue weighted by Crippen LogP contribution is -2.48. The number of hydrogen-bond donors (Lipinski definition) is 1. The maximum absolute atomic E-state index is 13.0. The standard InChI is InChI=1S/C20H35N5O4S/c1-15(20(26)21-7-10-24-13-11-23(4)12-14-24)18-5-8-25(9-6-18)30(27,28)19-16(2)22-29-17(19)3/h15,18H,5-14H2,1-4H3,(H,21,26). The summed E-state index contributed by atoms with van der Waals surface area (Å²) in [5.41, 5.74) is 0.391. The molecule has 0 radical (unpaired) electrons. The number of carbonyl (C=O) groups excluding carboxylic acids is 1. The first-order chi connectivity index (χ1) is 14.2. The van der Waals surface area contributed by atoms with Gasteiger partial charge in [0.15, 0.2) is 5.76 Å². The number of aromatic nitrogens is 1. The zero-order valence-electron chi connectivity index (χ0n) is 18.6. The Bertz CT molecular complexity index is 805. The van der Waals surface area contributed by atoms with E-state index in [1.165, 1.54) is 4.31 Å². The van der Waals surface area contributed by atoms with Gasteiger partial charge in [0.25, 0.3) is 0 Å². The summed E-state index contributed by atoms with van der Waals surface area (Å²) in [6.07, 6.45) is 1.35. The molecule has 0 aliphatic carbocycles. The predicted molar refractivity (Wildman–Crippen MR) is 114 cm³/mol. The van der Waals surface area contributed by atoms with Gasteiger partial charge in [-0.25, -0.2) is 8.42 Å². The molecule has 9 nitrogen and oxygen atoms in total. The minimum Gasteiger partial charge on any atom is -0.360 e. The van der Waals surface area contributed by atoms with Crippen LogP contribution in [0.3, 0.4) is 0 Å². The van der Waals surface area contributed by atoms with Gasteiger partial charge in [0.2, 0.25) is 15.9 Å². The Morgan fingerprint density at radius 2 is 1.80 bits per heavy atom. The summed E-state index contributed by atoms with van der Waals surface area (Å²) in [5, 5.41) is 6.84. The molecular formula is C20H35N5O4S. The quantitative estimate of drug-likeness (QED) is 0.665. The number of piperazine rings is 1. The molecule has 2 saturated heterocycles. The van der Waals surface area contributed by atoms with Crippen LogP contribution in [0.2, 0.25) is 0 Å². The van der Waals surface area contributed by atoms with Crippen molar-refractivity contribution >= 4 is 15.9 Å². The van der Waals surface area contributed by atoms with Crippen molar-refractivity contribution in [2.45, 2.75) is 38.5 Å². The third-order valence-electron chi connectivity index (χ3n) is 6.51. The summed E-state index contributed by atoms with van der Waals surface area (Å²) >= 11 is 0. The van der Waals surface area contributed by atoms with E-state index >= 15 is 0 Å². The molecule has 0 bridgehead atoms. The highest BCUT2D eigenvalue weighted by atomic mass is 32.2. The summed E-state index contributed by atoms with van der Waals surface area (Å²) in [7, 11) is -1.48. The Labute approximate surface area is 179 Å². The van der Waals surface area contributed by atoms with E-state index in [-0.39, 0.29) is 22.6 Å². The molecule has 2 fully saturated rings. The van der Waals surface area contributed by atoms with Gasteiger partial charge in [0.1, 0.15) is 10.6 Å². The highest BCUT2D eigenvalue weighted by molar-refractivity contribution is 7.89. The van der Waals surface area contributed by atoms with Gasteiger partial charge in [-0.05, 0) is 39.7 Å². The van der Waals surface area contributed by atoms with E-state index in [2.05, 4.69) is 27.3 Å². The van der Waals surface area contributed by atoms with Crippen molar-refractivity contribution in [1.29, 1.82) is 0 Å². The second kappa shape index (κ2) is 9.76. The minimum absolute atomic E-state index is 0.0659. The third-order valence-corrected chi connectivity index (χ3v) is 8.65. The fraction of sp³-hybridized carbons (Fsp3) is 0.800. The van der Waals surface area contributed by atoms with Crippen LogP contribution in [-0.2, 0) is 14.8 Å². The molecule has 2 aliphatic rings. The summed E-state index contributed by atoms with van der Waals surface area (Å²) in [6.45, 7) is 11.8. The Hall–Kier alpha value is -1.49. The first-order valence-corrected chi connectivity index (χ1v) is 12.3. The number of nitrogens with zero attached hydrogens (tertiary/aromatic N) is 4. The third kappa shape index (κ3) is 5.22. The number of hydrogen-bond acceptors (Lipinski definition) is 7. The summed E-state index contributed by atoms with van der Waals surface area (Å²) in [4.78, 5) is 17.5. The Morgan fingerprint density at radius 3 is 2.37 bits per heavy atom. The summed E-state index contributed by atoms with van der Waals surface area (Å²) in [6, 6.07) is 0. The highest BCUT2D eigenvalue weighted by Crippen LogP contribution is 2.30. The molecule has 1 aromatic rings. The lowest BCUT2D eigenvalue weighted by molar-refractivity contribution is -0.126. The molecule has 0 saturated carbocycles. The molecule has 0 aromatic carbocycles. The van der Waals surface area contributed by atoms with Crippen molar-refractivity contribution in [3.8, 4) is 0 Å². The van der Waals surface area contributed by atoms with Crippen molar-refractivity contribution in [3.63, 3.8) is 0 Å². The average Bonchev–Trinajstić information content (AvgIpc) is 3.07. The van der Waals surface area contributed by atoms with Crippen molar-refractivity contribution in [2.75, 3.05) is 59.4 Å². The molecule has 2 aliphatic heterocycles. The Balaban J connectivity index is 1.45. The average molecular weight is 442 g/mol. The number of amides is 1. The molecule has 1 amide bonds. The summed E-state index contributed by atoms with van der Waals surface area (Å²) < 4.78 is 32.4. The largest absolute Gasteiger partial charge is 0.360 e. The van der Waals surface area contributed by atoms with Gasteiger partial charge < -0.3 is 14.7 Å². The number of nitrogens with one attached hydrogen (secondary N) is 1. The number of likely N-dealkylation sites (N-methyl/N-ethyl adjacent to an activating group) is 1. The second-order valence-corrected chi connectivity index (χ2v) is 10.5. The van der Waals surface area contributed by atoms with Crippen LogP contribution in [0.25, 0.3) is 0 Å². The first-order valence-electron chi connectivity index (χ1n) is 10.8. The van der Waals surface area contributed by atoms with Crippen molar-refractivity contribution in [1.82, 2.24) is 24.6 Å². The maximum Gasteiger partial charge on any atom is 0.248 e. The number of carbonyl (C=O) groups is 1. The van der Waals surface area contributed by atoms with Gasteiger partial charge >= 0.3 is 0 Å². The molecule has 1 aromatic heterocycles. The molecule has 0 spiro atoms. The lowest BCUT2D eigenvalue weighted by atomic mass is 9.85.